The highest BCUT2D eigenvalue weighted by molar-refractivity contribution is 4.85. The van der Waals surface area contributed by atoms with Crippen LogP contribution in [0.4, 0.5) is 0 Å². The van der Waals surface area contributed by atoms with E-state index in [0.717, 1.165) is 12.3 Å². The molecule has 0 aromatic carbocycles. The molecule has 0 bridgehead atoms. The standard InChI is InChI=1S/C12H24N2/c1-5-6-11(3)13-12-7-8-14(4)9-10(12)2/h5,10-13H,1,6-9H2,2-4H3. The van der Waals surface area contributed by atoms with Crippen LogP contribution in [0.3, 0.4) is 0 Å². The maximum atomic E-state index is 3.78. The Morgan fingerprint density at radius 1 is 1.64 bits per heavy atom. The van der Waals surface area contributed by atoms with Gasteiger partial charge in [0.15, 0.2) is 0 Å². The van der Waals surface area contributed by atoms with Crippen molar-refractivity contribution in [2.24, 2.45) is 5.92 Å². The molecule has 1 heterocycles. The number of piperidine rings is 1. The minimum absolute atomic E-state index is 0.573. The van der Waals surface area contributed by atoms with Crippen LogP contribution >= 0.6 is 0 Å². The number of rotatable bonds is 4. The van der Waals surface area contributed by atoms with Crippen molar-refractivity contribution in [1.29, 1.82) is 0 Å². The van der Waals surface area contributed by atoms with E-state index >= 15 is 0 Å². The molecule has 0 aromatic heterocycles. The summed E-state index contributed by atoms with van der Waals surface area (Å²) in [6.07, 6.45) is 4.34. The number of hydrogen-bond donors (Lipinski definition) is 1. The van der Waals surface area contributed by atoms with Crippen LogP contribution in [0.2, 0.25) is 0 Å². The first-order valence-corrected chi connectivity index (χ1v) is 5.69. The summed E-state index contributed by atoms with van der Waals surface area (Å²) in [5, 5.41) is 3.69. The van der Waals surface area contributed by atoms with Crippen LogP contribution in [0.1, 0.15) is 26.7 Å². The van der Waals surface area contributed by atoms with Crippen molar-refractivity contribution in [3.05, 3.63) is 12.7 Å². The van der Waals surface area contributed by atoms with E-state index in [1.165, 1.54) is 19.5 Å². The van der Waals surface area contributed by atoms with Gasteiger partial charge in [-0.15, -0.1) is 6.58 Å². The van der Waals surface area contributed by atoms with E-state index in [2.05, 4.69) is 37.7 Å². The molecule has 2 nitrogen and oxygen atoms in total. The Morgan fingerprint density at radius 2 is 2.36 bits per heavy atom. The fourth-order valence-electron chi connectivity index (χ4n) is 2.29. The second kappa shape index (κ2) is 5.52. The second-order valence-corrected chi connectivity index (χ2v) is 4.73. The molecular weight excluding hydrogens is 172 g/mol. The van der Waals surface area contributed by atoms with E-state index in [1.54, 1.807) is 0 Å². The molecule has 82 valence electrons. The third-order valence-corrected chi connectivity index (χ3v) is 3.13. The zero-order chi connectivity index (χ0) is 10.6. The Labute approximate surface area is 88.4 Å². The molecule has 3 unspecified atom stereocenters. The summed E-state index contributed by atoms with van der Waals surface area (Å²) in [6, 6.07) is 1.27. The maximum absolute atomic E-state index is 3.78. The lowest BCUT2D eigenvalue weighted by Gasteiger charge is -2.36. The Morgan fingerprint density at radius 3 is 2.93 bits per heavy atom. The van der Waals surface area contributed by atoms with Gasteiger partial charge in [0.05, 0.1) is 0 Å². The Bertz CT molecular complexity index is 179. The van der Waals surface area contributed by atoms with Crippen LogP contribution < -0.4 is 5.32 Å². The number of hydrogen-bond acceptors (Lipinski definition) is 2. The molecular formula is C12H24N2. The Hall–Kier alpha value is -0.340. The highest BCUT2D eigenvalue weighted by Gasteiger charge is 2.24. The van der Waals surface area contributed by atoms with Crippen molar-refractivity contribution >= 4 is 0 Å². The minimum Gasteiger partial charge on any atom is -0.311 e. The predicted molar refractivity (Wildman–Crippen MR) is 62.5 cm³/mol. The molecule has 0 amide bonds. The smallest absolute Gasteiger partial charge is 0.0120 e. The van der Waals surface area contributed by atoms with Crippen molar-refractivity contribution in [3.8, 4) is 0 Å². The van der Waals surface area contributed by atoms with Gasteiger partial charge in [0.1, 0.15) is 0 Å². The summed E-state index contributed by atoms with van der Waals surface area (Å²) in [6.45, 7) is 10.8. The molecule has 1 saturated heterocycles. The second-order valence-electron chi connectivity index (χ2n) is 4.73. The van der Waals surface area contributed by atoms with Crippen molar-refractivity contribution in [2.75, 3.05) is 20.1 Å². The molecule has 0 aromatic rings. The fraction of sp³-hybridized carbons (Fsp3) is 0.833. The van der Waals surface area contributed by atoms with E-state index in [0.29, 0.717) is 12.1 Å². The van der Waals surface area contributed by atoms with E-state index < -0.39 is 0 Å². The first-order valence-electron chi connectivity index (χ1n) is 5.69. The SMILES string of the molecule is C=CCC(C)NC1CCN(C)CC1C. The molecule has 1 N–H and O–H groups in total. The van der Waals surface area contributed by atoms with Crippen LogP contribution in [0.5, 0.6) is 0 Å². The first kappa shape index (κ1) is 11.7. The third-order valence-electron chi connectivity index (χ3n) is 3.13. The van der Waals surface area contributed by atoms with Crippen molar-refractivity contribution < 1.29 is 0 Å². The molecule has 0 spiro atoms. The number of likely N-dealkylation sites (tertiary alicyclic amines) is 1. The van der Waals surface area contributed by atoms with Crippen LogP contribution in [-0.2, 0) is 0 Å². The van der Waals surface area contributed by atoms with Gasteiger partial charge in [-0.2, -0.15) is 0 Å². The Kier molecular flexibility index (Phi) is 4.63. The van der Waals surface area contributed by atoms with Gasteiger partial charge in [-0.05, 0) is 39.3 Å². The first-order chi connectivity index (χ1) is 6.63. The van der Waals surface area contributed by atoms with Gasteiger partial charge in [0.25, 0.3) is 0 Å². The van der Waals surface area contributed by atoms with Gasteiger partial charge in [0, 0.05) is 18.6 Å². The monoisotopic (exact) mass is 196 g/mol. The topological polar surface area (TPSA) is 15.3 Å². The lowest BCUT2D eigenvalue weighted by molar-refractivity contribution is 0.168. The number of nitrogens with zero attached hydrogens (tertiary/aromatic N) is 1. The lowest BCUT2D eigenvalue weighted by atomic mass is 9.93. The summed E-state index contributed by atoms with van der Waals surface area (Å²) in [4.78, 5) is 2.42. The summed E-state index contributed by atoms with van der Waals surface area (Å²) in [7, 11) is 2.21. The zero-order valence-corrected chi connectivity index (χ0v) is 9.79. The lowest BCUT2D eigenvalue weighted by Crippen LogP contribution is -2.49. The maximum Gasteiger partial charge on any atom is 0.0120 e. The van der Waals surface area contributed by atoms with Crippen molar-refractivity contribution in [1.82, 2.24) is 10.2 Å². The summed E-state index contributed by atoms with van der Waals surface area (Å²) in [5.74, 6) is 0.765. The van der Waals surface area contributed by atoms with Crippen LogP contribution in [-0.4, -0.2) is 37.1 Å². The normalized spacial score (nSPS) is 31.4. The molecule has 0 radical (unpaired) electrons. The molecule has 0 saturated carbocycles. The summed E-state index contributed by atoms with van der Waals surface area (Å²) in [5.41, 5.74) is 0. The quantitative estimate of drug-likeness (QED) is 0.691. The highest BCUT2D eigenvalue weighted by atomic mass is 15.1. The van der Waals surface area contributed by atoms with Crippen molar-refractivity contribution in [3.63, 3.8) is 0 Å². The van der Waals surface area contributed by atoms with Gasteiger partial charge in [0.2, 0.25) is 0 Å². The van der Waals surface area contributed by atoms with Gasteiger partial charge in [-0.1, -0.05) is 13.0 Å². The van der Waals surface area contributed by atoms with Gasteiger partial charge < -0.3 is 10.2 Å². The van der Waals surface area contributed by atoms with Crippen LogP contribution in [0.25, 0.3) is 0 Å². The van der Waals surface area contributed by atoms with Gasteiger partial charge in [-0.25, -0.2) is 0 Å². The average Bonchev–Trinajstić information content (AvgIpc) is 2.10. The molecule has 1 rings (SSSR count). The molecule has 3 atom stereocenters. The Balaban J connectivity index is 2.33. The zero-order valence-electron chi connectivity index (χ0n) is 9.79. The molecule has 1 aliphatic heterocycles. The van der Waals surface area contributed by atoms with Gasteiger partial charge in [-0.3, -0.25) is 0 Å². The van der Waals surface area contributed by atoms with Gasteiger partial charge >= 0.3 is 0 Å². The molecule has 1 fully saturated rings. The molecule has 0 aliphatic carbocycles. The number of nitrogens with one attached hydrogen (secondary N) is 1. The molecule has 1 aliphatic rings. The van der Waals surface area contributed by atoms with Crippen LogP contribution in [0, 0.1) is 5.92 Å². The van der Waals surface area contributed by atoms with E-state index in [4.69, 9.17) is 0 Å². The van der Waals surface area contributed by atoms with Crippen molar-refractivity contribution in [2.45, 2.75) is 38.8 Å². The van der Waals surface area contributed by atoms with E-state index in [9.17, 15) is 0 Å². The minimum atomic E-state index is 0.573. The predicted octanol–water partition coefficient (Wildman–Crippen LogP) is 1.88. The van der Waals surface area contributed by atoms with Crippen LogP contribution in [0.15, 0.2) is 12.7 Å². The van der Waals surface area contributed by atoms with E-state index in [1.807, 2.05) is 6.08 Å². The summed E-state index contributed by atoms with van der Waals surface area (Å²) >= 11 is 0. The fourth-order valence-corrected chi connectivity index (χ4v) is 2.29. The van der Waals surface area contributed by atoms with E-state index in [-0.39, 0.29) is 0 Å². The molecule has 2 heteroatoms. The largest absolute Gasteiger partial charge is 0.311 e. The summed E-state index contributed by atoms with van der Waals surface area (Å²) < 4.78 is 0. The average molecular weight is 196 g/mol. The molecule has 14 heavy (non-hydrogen) atoms. The highest BCUT2D eigenvalue weighted by Crippen LogP contribution is 2.16. The third kappa shape index (κ3) is 3.43.